The maximum Gasteiger partial charge on any atom is 0.417 e. The lowest BCUT2D eigenvalue weighted by atomic mass is 10.1. The second-order valence-corrected chi connectivity index (χ2v) is 9.35. The molecule has 6 nitrogen and oxygen atoms in total. The van der Waals surface area contributed by atoms with Gasteiger partial charge in [-0.3, -0.25) is 4.90 Å². The van der Waals surface area contributed by atoms with Crippen LogP contribution in [0, 0.1) is 0 Å². The molecule has 0 aromatic heterocycles. The summed E-state index contributed by atoms with van der Waals surface area (Å²) in [4.78, 5) is 1.25. The maximum absolute atomic E-state index is 13.4. The summed E-state index contributed by atoms with van der Waals surface area (Å²) in [6.07, 6.45) is -4.83. The van der Waals surface area contributed by atoms with E-state index in [4.69, 9.17) is 21.1 Å². The molecule has 0 N–H and O–H groups in total. The third-order valence-electron chi connectivity index (χ3n) is 5.05. The van der Waals surface area contributed by atoms with Gasteiger partial charge >= 0.3 is 6.18 Å². The third kappa shape index (κ3) is 5.25. The van der Waals surface area contributed by atoms with E-state index in [1.54, 1.807) is 13.2 Å². The van der Waals surface area contributed by atoms with Gasteiger partial charge in [0.15, 0.2) is 11.5 Å². The number of hydrogen-bond acceptors (Lipinski definition) is 5. The lowest BCUT2D eigenvalue weighted by Crippen LogP contribution is -2.48. The smallest absolute Gasteiger partial charge is 0.417 e. The molecule has 1 saturated heterocycles. The molecule has 0 unspecified atom stereocenters. The van der Waals surface area contributed by atoms with Gasteiger partial charge in [-0.1, -0.05) is 17.7 Å². The zero-order valence-electron chi connectivity index (χ0n) is 16.9. The van der Waals surface area contributed by atoms with Crippen LogP contribution in [0.3, 0.4) is 0 Å². The standard InChI is InChI=1S/C20H22ClF3N2O4S/c1-29-17-5-3-14(11-18(17)30-2)13-25-7-9-26(10-8-25)31(27,28)19-6-4-15(21)12-16(19)20(22,23)24/h3-6,11-12H,7-10,13H2,1-2H3. The largest absolute Gasteiger partial charge is 0.493 e. The average molecular weight is 479 g/mol. The molecule has 170 valence electrons. The monoisotopic (exact) mass is 478 g/mol. The highest BCUT2D eigenvalue weighted by atomic mass is 35.5. The summed E-state index contributed by atoms with van der Waals surface area (Å²) in [6.45, 7) is 1.46. The Bertz CT molecular complexity index is 1040. The fraction of sp³-hybridized carbons (Fsp3) is 0.400. The fourth-order valence-electron chi connectivity index (χ4n) is 3.45. The molecule has 2 aromatic rings. The molecule has 1 heterocycles. The van der Waals surface area contributed by atoms with Crippen molar-refractivity contribution in [3.63, 3.8) is 0 Å². The number of alkyl halides is 3. The van der Waals surface area contributed by atoms with E-state index < -0.39 is 26.7 Å². The minimum Gasteiger partial charge on any atom is -0.493 e. The highest BCUT2D eigenvalue weighted by Gasteiger charge is 2.40. The van der Waals surface area contributed by atoms with Crippen LogP contribution < -0.4 is 9.47 Å². The van der Waals surface area contributed by atoms with Crippen molar-refractivity contribution in [1.29, 1.82) is 0 Å². The van der Waals surface area contributed by atoms with E-state index in [1.807, 2.05) is 17.0 Å². The van der Waals surface area contributed by atoms with Gasteiger partial charge in [0, 0.05) is 37.7 Å². The summed E-state index contributed by atoms with van der Waals surface area (Å²) in [6, 6.07) is 8.21. The summed E-state index contributed by atoms with van der Waals surface area (Å²) in [5.41, 5.74) is -0.307. The quantitative estimate of drug-likeness (QED) is 0.630. The first kappa shape index (κ1) is 23.6. The molecule has 3 rings (SSSR count). The van der Waals surface area contributed by atoms with Crippen LogP contribution in [0.5, 0.6) is 11.5 Å². The highest BCUT2D eigenvalue weighted by Crippen LogP contribution is 2.37. The SMILES string of the molecule is COc1ccc(CN2CCN(S(=O)(=O)c3ccc(Cl)cc3C(F)(F)F)CC2)cc1OC. The lowest BCUT2D eigenvalue weighted by molar-refractivity contribution is -0.139. The number of rotatable bonds is 6. The predicted octanol–water partition coefficient (Wildman–Crippen LogP) is 3.88. The van der Waals surface area contributed by atoms with Gasteiger partial charge in [-0.05, 0) is 35.9 Å². The Hall–Kier alpha value is -2.01. The summed E-state index contributed by atoms with van der Waals surface area (Å²) >= 11 is 5.66. The topological polar surface area (TPSA) is 59.1 Å². The highest BCUT2D eigenvalue weighted by molar-refractivity contribution is 7.89. The molecule has 0 saturated carbocycles. The second kappa shape index (κ2) is 9.23. The Kier molecular flexibility index (Phi) is 7.04. The molecule has 2 aromatic carbocycles. The molecule has 0 aliphatic carbocycles. The first-order valence-corrected chi connectivity index (χ1v) is 11.2. The Morgan fingerprint density at radius 3 is 2.19 bits per heavy atom. The van der Waals surface area contributed by atoms with E-state index in [1.165, 1.54) is 7.11 Å². The van der Waals surface area contributed by atoms with Crippen LogP contribution in [0.4, 0.5) is 13.2 Å². The lowest BCUT2D eigenvalue weighted by Gasteiger charge is -2.34. The van der Waals surface area contributed by atoms with Crippen LogP contribution in [0.15, 0.2) is 41.3 Å². The number of piperazine rings is 1. The predicted molar refractivity (Wildman–Crippen MR) is 110 cm³/mol. The van der Waals surface area contributed by atoms with Gasteiger partial charge < -0.3 is 9.47 Å². The molecule has 1 fully saturated rings. The molecule has 0 bridgehead atoms. The molecular weight excluding hydrogens is 457 g/mol. The van der Waals surface area contributed by atoms with Crippen molar-refractivity contribution >= 4 is 21.6 Å². The molecular formula is C20H22ClF3N2O4S. The van der Waals surface area contributed by atoms with Gasteiger partial charge in [0.05, 0.1) is 24.7 Å². The van der Waals surface area contributed by atoms with Gasteiger partial charge in [0.25, 0.3) is 0 Å². The number of sulfonamides is 1. The van der Waals surface area contributed by atoms with Crippen molar-refractivity contribution in [1.82, 2.24) is 9.21 Å². The second-order valence-electron chi connectivity index (χ2n) is 7.01. The van der Waals surface area contributed by atoms with Crippen LogP contribution in [-0.4, -0.2) is 58.0 Å². The van der Waals surface area contributed by atoms with Crippen LogP contribution in [0.25, 0.3) is 0 Å². The van der Waals surface area contributed by atoms with Gasteiger partial charge in [0.2, 0.25) is 10.0 Å². The number of halogens is 4. The minimum absolute atomic E-state index is 0.0789. The fourth-order valence-corrected chi connectivity index (χ4v) is 5.24. The van der Waals surface area contributed by atoms with E-state index >= 15 is 0 Å². The Balaban J connectivity index is 1.72. The first-order valence-electron chi connectivity index (χ1n) is 9.36. The summed E-state index contributed by atoms with van der Waals surface area (Å²) in [5, 5.41) is -0.175. The number of nitrogens with zero attached hydrogens (tertiary/aromatic N) is 2. The van der Waals surface area contributed by atoms with Gasteiger partial charge in [0.1, 0.15) is 0 Å². The molecule has 0 radical (unpaired) electrons. The molecule has 0 atom stereocenters. The van der Waals surface area contributed by atoms with Crippen molar-refractivity contribution in [3.8, 4) is 11.5 Å². The Labute approximate surface area is 184 Å². The summed E-state index contributed by atoms with van der Waals surface area (Å²) in [5.74, 6) is 1.19. The number of ether oxygens (including phenoxy) is 2. The van der Waals surface area contributed by atoms with Crippen molar-refractivity contribution in [2.45, 2.75) is 17.6 Å². The molecule has 0 spiro atoms. The molecule has 1 aliphatic rings. The summed E-state index contributed by atoms with van der Waals surface area (Å²) in [7, 11) is -1.23. The Morgan fingerprint density at radius 1 is 0.968 bits per heavy atom. The van der Waals surface area contributed by atoms with Crippen LogP contribution >= 0.6 is 11.6 Å². The Morgan fingerprint density at radius 2 is 1.61 bits per heavy atom. The maximum atomic E-state index is 13.4. The minimum atomic E-state index is -4.83. The van der Waals surface area contributed by atoms with Crippen LogP contribution in [0.2, 0.25) is 5.02 Å². The zero-order valence-corrected chi connectivity index (χ0v) is 18.5. The number of benzene rings is 2. The first-order chi connectivity index (χ1) is 14.6. The van der Waals surface area contributed by atoms with E-state index in [0.29, 0.717) is 37.2 Å². The molecule has 31 heavy (non-hydrogen) atoms. The molecule has 0 amide bonds. The number of hydrogen-bond donors (Lipinski definition) is 0. The van der Waals surface area contributed by atoms with Crippen LogP contribution in [0.1, 0.15) is 11.1 Å². The van der Waals surface area contributed by atoms with Crippen molar-refractivity contribution in [2.75, 3.05) is 40.4 Å². The van der Waals surface area contributed by atoms with Crippen LogP contribution in [-0.2, 0) is 22.7 Å². The van der Waals surface area contributed by atoms with Crippen molar-refractivity contribution in [3.05, 3.63) is 52.5 Å². The number of methoxy groups -OCH3 is 2. The van der Waals surface area contributed by atoms with E-state index in [9.17, 15) is 21.6 Å². The zero-order chi connectivity index (χ0) is 22.8. The van der Waals surface area contributed by atoms with Gasteiger partial charge in [-0.25, -0.2) is 8.42 Å². The van der Waals surface area contributed by atoms with E-state index in [2.05, 4.69) is 0 Å². The molecule has 11 heteroatoms. The average Bonchev–Trinajstić information content (AvgIpc) is 2.73. The third-order valence-corrected chi connectivity index (χ3v) is 7.24. The summed E-state index contributed by atoms with van der Waals surface area (Å²) < 4.78 is 77.6. The van der Waals surface area contributed by atoms with Crippen molar-refractivity contribution < 1.29 is 31.1 Å². The van der Waals surface area contributed by atoms with E-state index in [-0.39, 0.29) is 18.1 Å². The molecule has 1 aliphatic heterocycles. The normalized spacial score (nSPS) is 16.3. The van der Waals surface area contributed by atoms with Gasteiger partial charge in [-0.15, -0.1) is 0 Å². The van der Waals surface area contributed by atoms with Crippen molar-refractivity contribution in [2.24, 2.45) is 0 Å². The van der Waals surface area contributed by atoms with E-state index in [0.717, 1.165) is 22.0 Å². The van der Waals surface area contributed by atoms with Gasteiger partial charge in [-0.2, -0.15) is 17.5 Å².